The van der Waals surface area contributed by atoms with E-state index in [1.807, 2.05) is 19.1 Å². The molecule has 21 heavy (non-hydrogen) atoms. The highest BCUT2D eigenvalue weighted by Crippen LogP contribution is 2.28. The Morgan fingerprint density at radius 2 is 2.00 bits per heavy atom. The summed E-state index contributed by atoms with van der Waals surface area (Å²) in [7, 11) is 0. The fourth-order valence-electron chi connectivity index (χ4n) is 2.05. The summed E-state index contributed by atoms with van der Waals surface area (Å²) in [5.74, 6) is -0.379. The van der Waals surface area contributed by atoms with Gasteiger partial charge in [0.2, 0.25) is 0 Å². The molecule has 0 aliphatic rings. The number of carbonyl (C=O) groups is 1. The smallest absolute Gasteiger partial charge is 0.337 e. The standard InChI is InChI=1S/C15H13N3O2S/c1-8-3-5-11-12(7-8)21-15(17-11)18-13-6-4-10(14(19)20)9(2)16-13/h3-7H,1-2H3,(H,19,20)(H,16,17,18). The molecule has 1 aromatic carbocycles. The molecule has 5 nitrogen and oxygen atoms in total. The average molecular weight is 299 g/mol. The Hall–Kier alpha value is -2.47. The molecule has 0 amide bonds. The van der Waals surface area contributed by atoms with Gasteiger partial charge in [-0.25, -0.2) is 14.8 Å². The highest BCUT2D eigenvalue weighted by Gasteiger charge is 2.10. The summed E-state index contributed by atoms with van der Waals surface area (Å²) < 4.78 is 1.11. The number of anilines is 2. The summed E-state index contributed by atoms with van der Waals surface area (Å²) in [4.78, 5) is 19.7. The molecular weight excluding hydrogens is 286 g/mol. The predicted molar refractivity (Wildman–Crippen MR) is 83.6 cm³/mol. The van der Waals surface area contributed by atoms with E-state index in [4.69, 9.17) is 5.11 Å². The van der Waals surface area contributed by atoms with Crippen molar-refractivity contribution in [1.29, 1.82) is 0 Å². The minimum atomic E-state index is -0.970. The minimum absolute atomic E-state index is 0.209. The number of carboxylic acid groups (broad SMARTS) is 1. The number of benzene rings is 1. The predicted octanol–water partition coefficient (Wildman–Crippen LogP) is 3.75. The quantitative estimate of drug-likeness (QED) is 0.770. The van der Waals surface area contributed by atoms with E-state index in [-0.39, 0.29) is 5.56 Å². The van der Waals surface area contributed by atoms with Crippen molar-refractivity contribution in [3.63, 3.8) is 0 Å². The van der Waals surface area contributed by atoms with Gasteiger partial charge in [-0.3, -0.25) is 0 Å². The zero-order valence-corrected chi connectivity index (χ0v) is 12.4. The Morgan fingerprint density at radius 1 is 1.19 bits per heavy atom. The second kappa shape index (κ2) is 5.14. The Balaban J connectivity index is 1.91. The molecule has 3 aromatic rings. The Morgan fingerprint density at radius 3 is 2.71 bits per heavy atom. The molecule has 0 aliphatic heterocycles. The van der Waals surface area contributed by atoms with Crippen LogP contribution in [0.1, 0.15) is 21.6 Å². The van der Waals surface area contributed by atoms with Crippen molar-refractivity contribution < 1.29 is 9.90 Å². The normalized spacial score (nSPS) is 10.8. The van der Waals surface area contributed by atoms with Crippen LogP contribution >= 0.6 is 11.3 Å². The van der Waals surface area contributed by atoms with Crippen LogP contribution in [0.5, 0.6) is 0 Å². The maximum absolute atomic E-state index is 11.0. The number of aryl methyl sites for hydroxylation is 2. The fraction of sp³-hybridized carbons (Fsp3) is 0.133. The van der Waals surface area contributed by atoms with Crippen molar-refractivity contribution in [3.8, 4) is 0 Å². The molecular formula is C15H13N3O2S. The lowest BCUT2D eigenvalue weighted by Gasteiger charge is -2.04. The van der Waals surface area contributed by atoms with E-state index in [1.165, 1.54) is 5.56 Å². The highest BCUT2D eigenvalue weighted by molar-refractivity contribution is 7.22. The van der Waals surface area contributed by atoms with Crippen molar-refractivity contribution in [2.24, 2.45) is 0 Å². The number of thiazole rings is 1. The third-order valence-corrected chi connectivity index (χ3v) is 4.03. The van der Waals surface area contributed by atoms with Crippen molar-refractivity contribution in [3.05, 3.63) is 47.2 Å². The van der Waals surface area contributed by atoms with Crippen molar-refractivity contribution in [2.45, 2.75) is 13.8 Å². The van der Waals surface area contributed by atoms with Gasteiger partial charge in [0, 0.05) is 0 Å². The molecule has 3 rings (SSSR count). The Labute approximate surface area is 125 Å². The first kappa shape index (κ1) is 13.5. The lowest BCUT2D eigenvalue weighted by atomic mass is 10.2. The van der Waals surface area contributed by atoms with Crippen LogP contribution in [0.3, 0.4) is 0 Å². The van der Waals surface area contributed by atoms with Crippen LogP contribution in [0.4, 0.5) is 10.9 Å². The van der Waals surface area contributed by atoms with Gasteiger partial charge in [0.25, 0.3) is 0 Å². The van der Waals surface area contributed by atoms with E-state index in [2.05, 4.69) is 21.4 Å². The van der Waals surface area contributed by atoms with Gasteiger partial charge in [-0.1, -0.05) is 17.4 Å². The van der Waals surface area contributed by atoms with E-state index >= 15 is 0 Å². The number of carboxylic acids is 1. The molecule has 0 atom stereocenters. The minimum Gasteiger partial charge on any atom is -0.478 e. The Bertz CT molecular complexity index is 842. The summed E-state index contributed by atoms with van der Waals surface area (Å²) in [6.45, 7) is 3.72. The first-order chi connectivity index (χ1) is 10.0. The molecule has 2 aromatic heterocycles. The topological polar surface area (TPSA) is 75.1 Å². The molecule has 0 unspecified atom stereocenters. The van der Waals surface area contributed by atoms with Crippen LogP contribution in [0.25, 0.3) is 10.2 Å². The fourth-order valence-corrected chi connectivity index (χ4v) is 3.02. The molecule has 2 heterocycles. The molecule has 6 heteroatoms. The van der Waals surface area contributed by atoms with Crippen LogP contribution in [0, 0.1) is 13.8 Å². The number of nitrogens with zero attached hydrogens (tertiary/aromatic N) is 2. The number of hydrogen-bond acceptors (Lipinski definition) is 5. The summed E-state index contributed by atoms with van der Waals surface area (Å²) in [6, 6.07) is 9.29. The third-order valence-electron chi connectivity index (χ3n) is 3.10. The number of hydrogen-bond donors (Lipinski definition) is 2. The van der Waals surface area contributed by atoms with Gasteiger partial charge in [0.05, 0.1) is 21.5 Å². The van der Waals surface area contributed by atoms with Crippen LogP contribution in [0.15, 0.2) is 30.3 Å². The number of rotatable bonds is 3. The second-order valence-electron chi connectivity index (χ2n) is 4.75. The maximum Gasteiger partial charge on any atom is 0.337 e. The summed E-state index contributed by atoms with van der Waals surface area (Å²) in [6.07, 6.45) is 0. The van der Waals surface area contributed by atoms with E-state index < -0.39 is 5.97 Å². The molecule has 0 radical (unpaired) electrons. The molecule has 106 valence electrons. The first-order valence-electron chi connectivity index (χ1n) is 6.38. The van der Waals surface area contributed by atoms with E-state index in [0.717, 1.165) is 15.3 Å². The number of aromatic carboxylic acids is 1. The monoisotopic (exact) mass is 299 g/mol. The number of aromatic nitrogens is 2. The lowest BCUT2D eigenvalue weighted by Crippen LogP contribution is -2.03. The molecule has 0 aliphatic carbocycles. The van der Waals surface area contributed by atoms with Gasteiger partial charge < -0.3 is 10.4 Å². The third kappa shape index (κ3) is 2.71. The van der Waals surface area contributed by atoms with Gasteiger partial charge >= 0.3 is 5.97 Å². The Kier molecular flexibility index (Phi) is 3.31. The number of nitrogens with one attached hydrogen (secondary N) is 1. The average Bonchev–Trinajstić information content (AvgIpc) is 2.79. The number of fused-ring (bicyclic) bond motifs is 1. The summed E-state index contributed by atoms with van der Waals surface area (Å²) in [5.41, 5.74) is 2.81. The maximum atomic E-state index is 11.0. The lowest BCUT2D eigenvalue weighted by molar-refractivity contribution is 0.0695. The summed E-state index contributed by atoms with van der Waals surface area (Å²) in [5, 5.41) is 12.9. The molecule has 0 saturated heterocycles. The summed E-state index contributed by atoms with van der Waals surface area (Å²) >= 11 is 1.54. The van der Waals surface area contributed by atoms with Gasteiger partial charge in [0.1, 0.15) is 5.82 Å². The van der Waals surface area contributed by atoms with Crippen molar-refractivity contribution in [2.75, 3.05) is 5.32 Å². The molecule has 0 spiro atoms. The second-order valence-corrected chi connectivity index (χ2v) is 5.78. The zero-order chi connectivity index (χ0) is 15.0. The van der Waals surface area contributed by atoms with Crippen LogP contribution in [-0.2, 0) is 0 Å². The van der Waals surface area contributed by atoms with Gasteiger partial charge in [-0.2, -0.15) is 0 Å². The van der Waals surface area contributed by atoms with Gasteiger partial charge in [-0.05, 0) is 43.7 Å². The highest BCUT2D eigenvalue weighted by atomic mass is 32.1. The van der Waals surface area contributed by atoms with Crippen LogP contribution < -0.4 is 5.32 Å². The SMILES string of the molecule is Cc1ccc2nc(Nc3ccc(C(=O)O)c(C)n3)sc2c1. The zero-order valence-electron chi connectivity index (χ0n) is 11.5. The largest absolute Gasteiger partial charge is 0.478 e. The van der Waals surface area contributed by atoms with Crippen molar-refractivity contribution >= 4 is 38.5 Å². The van der Waals surface area contributed by atoms with Crippen LogP contribution in [0.2, 0.25) is 0 Å². The molecule has 0 fully saturated rings. The van der Waals surface area contributed by atoms with E-state index in [0.29, 0.717) is 11.5 Å². The van der Waals surface area contributed by atoms with E-state index in [1.54, 1.807) is 30.4 Å². The number of pyridine rings is 1. The first-order valence-corrected chi connectivity index (χ1v) is 7.20. The van der Waals surface area contributed by atoms with Gasteiger partial charge in [-0.15, -0.1) is 0 Å². The van der Waals surface area contributed by atoms with Crippen LogP contribution in [-0.4, -0.2) is 21.0 Å². The van der Waals surface area contributed by atoms with Crippen molar-refractivity contribution in [1.82, 2.24) is 9.97 Å². The molecule has 0 bridgehead atoms. The molecule has 2 N–H and O–H groups in total. The van der Waals surface area contributed by atoms with E-state index in [9.17, 15) is 4.79 Å². The molecule has 0 saturated carbocycles. The van der Waals surface area contributed by atoms with Gasteiger partial charge in [0.15, 0.2) is 5.13 Å².